The molecular weight excluding hydrogens is 350 g/mol. The van der Waals surface area contributed by atoms with Crippen molar-refractivity contribution in [3.05, 3.63) is 53.5 Å². The number of carbonyl (C=O) groups excluding carboxylic acids is 1. The van der Waals surface area contributed by atoms with Gasteiger partial charge in [0.15, 0.2) is 0 Å². The van der Waals surface area contributed by atoms with Gasteiger partial charge in [-0.3, -0.25) is 4.79 Å². The molecule has 26 heavy (non-hydrogen) atoms. The van der Waals surface area contributed by atoms with Crippen LogP contribution in [0.1, 0.15) is 52.7 Å². The van der Waals surface area contributed by atoms with Crippen LogP contribution in [0.25, 0.3) is 0 Å². The SMILES string of the molecule is CC1CCCN(C(=O)c2ccccc2SCc2occc2C(=O)O)CC1. The molecule has 5 nitrogen and oxygen atoms in total. The number of thioether (sulfide) groups is 1. The van der Waals surface area contributed by atoms with Gasteiger partial charge in [0, 0.05) is 18.0 Å². The maximum Gasteiger partial charge on any atom is 0.339 e. The molecule has 2 aromatic rings. The Balaban J connectivity index is 1.74. The summed E-state index contributed by atoms with van der Waals surface area (Å²) in [7, 11) is 0. The van der Waals surface area contributed by atoms with Crippen molar-refractivity contribution in [3.8, 4) is 0 Å². The number of rotatable bonds is 5. The highest BCUT2D eigenvalue weighted by atomic mass is 32.2. The second kappa shape index (κ2) is 8.45. The molecule has 1 N–H and O–H groups in total. The minimum atomic E-state index is -1.00. The van der Waals surface area contributed by atoms with Crippen LogP contribution in [0.15, 0.2) is 45.9 Å². The van der Waals surface area contributed by atoms with Gasteiger partial charge in [0.05, 0.1) is 17.6 Å². The molecule has 6 heteroatoms. The third-order valence-electron chi connectivity index (χ3n) is 4.76. The van der Waals surface area contributed by atoms with E-state index in [4.69, 9.17) is 4.42 Å². The molecule has 1 amide bonds. The zero-order valence-electron chi connectivity index (χ0n) is 14.8. The maximum absolute atomic E-state index is 13.0. The number of nitrogens with zero attached hydrogens (tertiary/aromatic N) is 1. The Kier molecular flexibility index (Phi) is 6.04. The largest absolute Gasteiger partial charge is 0.478 e. The smallest absolute Gasteiger partial charge is 0.339 e. The quantitative estimate of drug-likeness (QED) is 0.780. The van der Waals surface area contributed by atoms with E-state index in [2.05, 4.69) is 6.92 Å². The van der Waals surface area contributed by atoms with E-state index >= 15 is 0 Å². The average Bonchev–Trinajstić information content (AvgIpc) is 3.01. The molecule has 0 radical (unpaired) electrons. The number of amides is 1. The van der Waals surface area contributed by atoms with Crippen molar-refractivity contribution in [2.75, 3.05) is 13.1 Å². The minimum Gasteiger partial charge on any atom is -0.478 e. The molecule has 1 aliphatic rings. The first-order valence-electron chi connectivity index (χ1n) is 8.87. The summed E-state index contributed by atoms with van der Waals surface area (Å²) in [6, 6.07) is 8.96. The predicted molar refractivity (Wildman–Crippen MR) is 101 cm³/mol. The van der Waals surface area contributed by atoms with E-state index in [0.29, 0.717) is 23.0 Å². The molecule has 1 aliphatic heterocycles. The Hall–Kier alpha value is -2.21. The molecule has 1 aromatic carbocycles. The van der Waals surface area contributed by atoms with Crippen LogP contribution < -0.4 is 0 Å². The molecule has 1 aromatic heterocycles. The number of hydrogen-bond acceptors (Lipinski definition) is 4. The van der Waals surface area contributed by atoms with Gasteiger partial charge in [0.2, 0.25) is 0 Å². The van der Waals surface area contributed by atoms with Crippen molar-refractivity contribution in [2.45, 2.75) is 36.8 Å². The van der Waals surface area contributed by atoms with E-state index in [-0.39, 0.29) is 11.5 Å². The first-order valence-corrected chi connectivity index (χ1v) is 9.85. The van der Waals surface area contributed by atoms with Crippen LogP contribution in [0, 0.1) is 5.92 Å². The maximum atomic E-state index is 13.0. The molecule has 138 valence electrons. The predicted octanol–water partition coefficient (Wildman–Crippen LogP) is 4.53. The summed E-state index contributed by atoms with van der Waals surface area (Å²) in [5.41, 5.74) is 0.846. The van der Waals surface area contributed by atoms with Crippen LogP contribution in [0.2, 0.25) is 0 Å². The van der Waals surface area contributed by atoms with Crippen molar-refractivity contribution in [3.63, 3.8) is 0 Å². The number of furan rings is 1. The van der Waals surface area contributed by atoms with Gasteiger partial charge >= 0.3 is 5.97 Å². The van der Waals surface area contributed by atoms with Crippen LogP contribution in [-0.4, -0.2) is 35.0 Å². The fourth-order valence-corrected chi connectivity index (χ4v) is 4.19. The molecular formula is C20H23NO4S. The van der Waals surface area contributed by atoms with Crippen molar-refractivity contribution in [1.82, 2.24) is 4.90 Å². The lowest BCUT2D eigenvalue weighted by Crippen LogP contribution is -2.32. The zero-order valence-corrected chi connectivity index (χ0v) is 15.6. The van der Waals surface area contributed by atoms with Gasteiger partial charge in [-0.2, -0.15) is 0 Å². The number of aromatic carboxylic acids is 1. The molecule has 3 rings (SSSR count). The number of likely N-dealkylation sites (tertiary alicyclic amines) is 1. The lowest BCUT2D eigenvalue weighted by Gasteiger charge is -2.21. The molecule has 1 fully saturated rings. The van der Waals surface area contributed by atoms with Gasteiger partial charge in [0.1, 0.15) is 11.3 Å². The fourth-order valence-electron chi connectivity index (χ4n) is 3.19. The van der Waals surface area contributed by atoms with Gasteiger partial charge in [-0.05, 0) is 43.4 Å². The first-order chi connectivity index (χ1) is 12.6. The van der Waals surface area contributed by atoms with Crippen molar-refractivity contribution in [2.24, 2.45) is 5.92 Å². The highest BCUT2D eigenvalue weighted by Crippen LogP contribution is 2.29. The lowest BCUT2D eigenvalue weighted by molar-refractivity contribution is 0.0693. The van der Waals surface area contributed by atoms with E-state index in [1.165, 1.54) is 24.1 Å². The first kappa shape index (κ1) is 18.6. The van der Waals surface area contributed by atoms with Crippen molar-refractivity contribution < 1.29 is 19.1 Å². The number of benzene rings is 1. The summed E-state index contributed by atoms with van der Waals surface area (Å²) in [6.07, 6.45) is 4.62. The van der Waals surface area contributed by atoms with Gasteiger partial charge in [-0.1, -0.05) is 19.1 Å². The van der Waals surface area contributed by atoms with Gasteiger partial charge in [-0.25, -0.2) is 4.79 Å². The summed E-state index contributed by atoms with van der Waals surface area (Å²) in [5.74, 6) is 0.493. The number of carbonyl (C=O) groups is 2. The van der Waals surface area contributed by atoms with Gasteiger partial charge < -0.3 is 14.4 Å². The summed E-state index contributed by atoms with van der Waals surface area (Å²) in [6.45, 7) is 3.82. The Morgan fingerprint density at radius 2 is 2.00 bits per heavy atom. The number of carboxylic acids is 1. The molecule has 2 heterocycles. The van der Waals surface area contributed by atoms with E-state index < -0.39 is 5.97 Å². The summed E-state index contributed by atoms with van der Waals surface area (Å²) in [5, 5.41) is 9.18. The fraction of sp³-hybridized carbons (Fsp3) is 0.400. The van der Waals surface area contributed by atoms with E-state index in [1.807, 2.05) is 29.2 Å². The highest BCUT2D eigenvalue weighted by Gasteiger charge is 2.22. The Morgan fingerprint density at radius 3 is 2.81 bits per heavy atom. The molecule has 0 aliphatic carbocycles. The molecule has 0 spiro atoms. The minimum absolute atomic E-state index is 0.0557. The molecule has 1 unspecified atom stereocenters. The Labute approximate surface area is 157 Å². The lowest BCUT2D eigenvalue weighted by atomic mass is 10.0. The normalized spacial score (nSPS) is 17.7. The van der Waals surface area contributed by atoms with Crippen LogP contribution in [0.4, 0.5) is 0 Å². The average molecular weight is 373 g/mol. The van der Waals surface area contributed by atoms with Crippen LogP contribution in [0.5, 0.6) is 0 Å². The number of hydrogen-bond donors (Lipinski definition) is 1. The second-order valence-electron chi connectivity index (χ2n) is 6.68. The third-order valence-corrected chi connectivity index (χ3v) is 5.83. The topological polar surface area (TPSA) is 70.8 Å². The number of carboxylic acid groups (broad SMARTS) is 1. The Morgan fingerprint density at radius 1 is 1.19 bits per heavy atom. The standard InChI is InChI=1S/C20H23NO4S/c1-14-5-4-10-21(11-8-14)19(22)16-6-2-3-7-18(16)26-13-17-15(20(23)24)9-12-25-17/h2-3,6-7,9,12,14H,4-5,8,10-11,13H2,1H3,(H,23,24). The highest BCUT2D eigenvalue weighted by molar-refractivity contribution is 7.98. The van der Waals surface area contributed by atoms with Crippen molar-refractivity contribution >= 4 is 23.6 Å². The Bertz CT molecular complexity index is 786. The monoisotopic (exact) mass is 373 g/mol. The molecule has 1 atom stereocenters. The summed E-state index contributed by atoms with van der Waals surface area (Å²) in [4.78, 5) is 27.0. The van der Waals surface area contributed by atoms with E-state index in [1.54, 1.807) is 0 Å². The van der Waals surface area contributed by atoms with Gasteiger partial charge in [-0.15, -0.1) is 11.8 Å². The third kappa shape index (κ3) is 4.30. The summed E-state index contributed by atoms with van der Waals surface area (Å²) >= 11 is 1.43. The second-order valence-corrected chi connectivity index (χ2v) is 7.69. The zero-order chi connectivity index (χ0) is 18.5. The van der Waals surface area contributed by atoms with Crippen LogP contribution in [0.3, 0.4) is 0 Å². The van der Waals surface area contributed by atoms with E-state index in [0.717, 1.165) is 37.2 Å². The van der Waals surface area contributed by atoms with Crippen molar-refractivity contribution in [1.29, 1.82) is 0 Å². The molecule has 0 bridgehead atoms. The van der Waals surface area contributed by atoms with Crippen LogP contribution in [-0.2, 0) is 5.75 Å². The molecule has 1 saturated heterocycles. The molecule has 0 saturated carbocycles. The van der Waals surface area contributed by atoms with E-state index in [9.17, 15) is 14.7 Å². The van der Waals surface area contributed by atoms with Gasteiger partial charge in [0.25, 0.3) is 5.91 Å². The summed E-state index contributed by atoms with van der Waals surface area (Å²) < 4.78 is 5.30. The van der Waals surface area contributed by atoms with Crippen LogP contribution >= 0.6 is 11.8 Å².